The standard InChI is InChI=1S/C14H20FN/c1-3-16-11(2)14(8-9-14)10-12-4-6-13(15)7-5-12/h4-7,11,16H,3,8-10H2,1-2H3. The van der Waals surface area contributed by atoms with Crippen LogP contribution in [0.1, 0.15) is 32.3 Å². The minimum Gasteiger partial charge on any atom is -0.314 e. The van der Waals surface area contributed by atoms with Gasteiger partial charge >= 0.3 is 0 Å². The highest BCUT2D eigenvalue weighted by molar-refractivity contribution is 5.20. The molecule has 1 nitrogen and oxygen atoms in total. The van der Waals surface area contributed by atoms with E-state index in [1.165, 1.54) is 18.4 Å². The third-order valence-electron chi connectivity index (χ3n) is 3.79. The highest BCUT2D eigenvalue weighted by Gasteiger charge is 2.46. The summed E-state index contributed by atoms with van der Waals surface area (Å²) < 4.78 is 12.8. The zero-order valence-corrected chi connectivity index (χ0v) is 10.1. The van der Waals surface area contributed by atoms with Crippen molar-refractivity contribution in [2.24, 2.45) is 5.41 Å². The Morgan fingerprint density at radius 2 is 1.94 bits per heavy atom. The van der Waals surface area contributed by atoms with Crippen LogP contribution in [0.2, 0.25) is 0 Å². The van der Waals surface area contributed by atoms with Crippen LogP contribution in [0.3, 0.4) is 0 Å². The van der Waals surface area contributed by atoms with Crippen molar-refractivity contribution in [3.63, 3.8) is 0 Å². The molecule has 1 aliphatic rings. The van der Waals surface area contributed by atoms with E-state index in [1.54, 1.807) is 12.1 Å². The minimum absolute atomic E-state index is 0.145. The van der Waals surface area contributed by atoms with E-state index < -0.39 is 0 Å². The maximum atomic E-state index is 12.8. The molecule has 1 fully saturated rings. The summed E-state index contributed by atoms with van der Waals surface area (Å²) in [5, 5.41) is 3.51. The Bertz CT molecular complexity index is 340. The third kappa shape index (κ3) is 2.43. The van der Waals surface area contributed by atoms with Gasteiger partial charge in [-0.1, -0.05) is 19.1 Å². The first-order valence-electron chi connectivity index (χ1n) is 6.14. The van der Waals surface area contributed by atoms with Crippen molar-refractivity contribution >= 4 is 0 Å². The van der Waals surface area contributed by atoms with Crippen molar-refractivity contribution in [1.82, 2.24) is 5.32 Å². The molecule has 16 heavy (non-hydrogen) atoms. The average molecular weight is 221 g/mol. The van der Waals surface area contributed by atoms with Gasteiger partial charge in [0, 0.05) is 6.04 Å². The average Bonchev–Trinajstić information content (AvgIpc) is 3.03. The van der Waals surface area contributed by atoms with Crippen LogP contribution in [0, 0.1) is 11.2 Å². The molecule has 1 N–H and O–H groups in total. The summed E-state index contributed by atoms with van der Waals surface area (Å²) >= 11 is 0. The smallest absolute Gasteiger partial charge is 0.123 e. The molecule has 1 atom stereocenters. The van der Waals surface area contributed by atoms with Crippen LogP contribution in [0.5, 0.6) is 0 Å². The van der Waals surface area contributed by atoms with Gasteiger partial charge in [0.15, 0.2) is 0 Å². The number of nitrogens with one attached hydrogen (secondary N) is 1. The van der Waals surface area contributed by atoms with E-state index in [4.69, 9.17) is 0 Å². The van der Waals surface area contributed by atoms with Gasteiger partial charge in [-0.2, -0.15) is 0 Å². The van der Waals surface area contributed by atoms with Gasteiger partial charge in [0.2, 0.25) is 0 Å². The van der Waals surface area contributed by atoms with Crippen LogP contribution in [-0.4, -0.2) is 12.6 Å². The van der Waals surface area contributed by atoms with Crippen LogP contribution in [0.25, 0.3) is 0 Å². The Hall–Kier alpha value is -0.890. The SMILES string of the molecule is CCNC(C)C1(Cc2ccc(F)cc2)CC1. The fourth-order valence-corrected chi connectivity index (χ4v) is 2.45. The summed E-state index contributed by atoms with van der Waals surface area (Å²) in [4.78, 5) is 0. The van der Waals surface area contributed by atoms with Crippen molar-refractivity contribution in [3.05, 3.63) is 35.6 Å². The Morgan fingerprint density at radius 3 is 2.44 bits per heavy atom. The van der Waals surface area contributed by atoms with Crippen LogP contribution in [0.15, 0.2) is 24.3 Å². The second-order valence-corrected chi connectivity index (χ2v) is 4.94. The zero-order valence-electron chi connectivity index (χ0n) is 10.1. The predicted octanol–water partition coefficient (Wildman–Crippen LogP) is 3.15. The number of benzene rings is 1. The van der Waals surface area contributed by atoms with Crippen molar-refractivity contribution in [2.75, 3.05) is 6.54 Å². The molecule has 2 rings (SSSR count). The van der Waals surface area contributed by atoms with E-state index in [9.17, 15) is 4.39 Å². The number of hydrogen-bond donors (Lipinski definition) is 1. The topological polar surface area (TPSA) is 12.0 Å². The number of hydrogen-bond acceptors (Lipinski definition) is 1. The van der Waals surface area contributed by atoms with Gasteiger partial charge < -0.3 is 5.32 Å². The van der Waals surface area contributed by atoms with Gasteiger partial charge in [0.25, 0.3) is 0 Å². The molecule has 1 aromatic rings. The maximum absolute atomic E-state index is 12.8. The molecule has 0 amide bonds. The molecule has 0 saturated heterocycles. The highest BCUT2D eigenvalue weighted by atomic mass is 19.1. The first-order valence-corrected chi connectivity index (χ1v) is 6.14. The van der Waals surface area contributed by atoms with E-state index in [1.807, 2.05) is 12.1 Å². The second kappa shape index (κ2) is 4.54. The van der Waals surface area contributed by atoms with Crippen molar-refractivity contribution in [1.29, 1.82) is 0 Å². The van der Waals surface area contributed by atoms with E-state index in [0.717, 1.165) is 13.0 Å². The molecule has 0 bridgehead atoms. The van der Waals surface area contributed by atoms with E-state index >= 15 is 0 Å². The fraction of sp³-hybridized carbons (Fsp3) is 0.571. The lowest BCUT2D eigenvalue weighted by Crippen LogP contribution is -2.35. The van der Waals surface area contributed by atoms with Crippen LogP contribution in [0.4, 0.5) is 4.39 Å². The molecule has 2 heteroatoms. The lowest BCUT2D eigenvalue weighted by molar-refractivity contribution is 0.355. The van der Waals surface area contributed by atoms with Crippen LogP contribution in [-0.2, 0) is 6.42 Å². The number of halogens is 1. The van der Waals surface area contributed by atoms with Gasteiger partial charge in [0.1, 0.15) is 5.82 Å². The molecule has 1 aliphatic carbocycles. The summed E-state index contributed by atoms with van der Waals surface area (Å²) in [5.41, 5.74) is 1.68. The van der Waals surface area contributed by atoms with E-state index in [-0.39, 0.29) is 5.82 Å². The lowest BCUT2D eigenvalue weighted by Gasteiger charge is -2.24. The Balaban J connectivity index is 2.01. The quantitative estimate of drug-likeness (QED) is 0.805. The second-order valence-electron chi connectivity index (χ2n) is 4.94. The molecule has 0 radical (unpaired) electrons. The zero-order chi connectivity index (χ0) is 11.6. The summed E-state index contributed by atoms with van der Waals surface area (Å²) in [7, 11) is 0. The summed E-state index contributed by atoms with van der Waals surface area (Å²) in [5.74, 6) is -0.145. The van der Waals surface area contributed by atoms with E-state index in [2.05, 4.69) is 19.2 Å². The minimum atomic E-state index is -0.145. The maximum Gasteiger partial charge on any atom is 0.123 e. The molecule has 1 saturated carbocycles. The molecule has 88 valence electrons. The first kappa shape index (κ1) is 11.6. The molecule has 0 spiro atoms. The number of rotatable bonds is 5. The van der Waals surface area contributed by atoms with Crippen LogP contribution < -0.4 is 5.32 Å². The first-order chi connectivity index (χ1) is 7.66. The largest absolute Gasteiger partial charge is 0.314 e. The van der Waals surface area contributed by atoms with Gasteiger partial charge in [-0.3, -0.25) is 0 Å². The molecule has 0 aliphatic heterocycles. The Kier molecular flexibility index (Phi) is 3.29. The Labute approximate surface area is 97.1 Å². The summed E-state index contributed by atoms with van der Waals surface area (Å²) in [6, 6.07) is 7.50. The fourth-order valence-electron chi connectivity index (χ4n) is 2.45. The summed E-state index contributed by atoms with van der Waals surface area (Å²) in [6.07, 6.45) is 3.65. The lowest BCUT2D eigenvalue weighted by atomic mass is 9.90. The van der Waals surface area contributed by atoms with Gasteiger partial charge in [-0.25, -0.2) is 4.39 Å². The monoisotopic (exact) mass is 221 g/mol. The highest BCUT2D eigenvalue weighted by Crippen LogP contribution is 2.51. The van der Waals surface area contributed by atoms with E-state index in [0.29, 0.717) is 11.5 Å². The third-order valence-corrected chi connectivity index (χ3v) is 3.79. The van der Waals surface area contributed by atoms with Gasteiger partial charge in [-0.15, -0.1) is 0 Å². The molecule has 1 aromatic carbocycles. The van der Waals surface area contributed by atoms with Gasteiger partial charge in [-0.05, 0) is 55.8 Å². The normalized spacial score (nSPS) is 19.4. The predicted molar refractivity (Wildman–Crippen MR) is 64.9 cm³/mol. The molecular formula is C14H20FN. The summed E-state index contributed by atoms with van der Waals surface area (Å²) in [6.45, 7) is 5.43. The van der Waals surface area contributed by atoms with Crippen molar-refractivity contribution in [3.8, 4) is 0 Å². The van der Waals surface area contributed by atoms with Crippen molar-refractivity contribution in [2.45, 2.75) is 39.2 Å². The van der Waals surface area contributed by atoms with Crippen LogP contribution >= 0.6 is 0 Å². The molecule has 0 aromatic heterocycles. The van der Waals surface area contributed by atoms with Crippen molar-refractivity contribution < 1.29 is 4.39 Å². The Morgan fingerprint density at radius 1 is 1.31 bits per heavy atom. The van der Waals surface area contributed by atoms with Gasteiger partial charge in [0.05, 0.1) is 0 Å². The molecule has 0 heterocycles. The molecular weight excluding hydrogens is 201 g/mol. The molecule has 1 unspecified atom stereocenters.